The molecule has 2 rings (SSSR count). The monoisotopic (exact) mass is 299 g/mol. The highest BCUT2D eigenvalue weighted by atomic mass is 35.5. The van der Waals surface area contributed by atoms with Crippen LogP contribution in [0.3, 0.4) is 0 Å². The predicted molar refractivity (Wildman–Crippen MR) is 77.8 cm³/mol. The second-order valence-electron chi connectivity index (χ2n) is 3.99. The van der Waals surface area contributed by atoms with Gasteiger partial charge in [0.1, 0.15) is 11.6 Å². The van der Waals surface area contributed by atoms with E-state index in [1.54, 1.807) is 19.2 Å². The fraction of sp³-hybridized carbons (Fsp3) is 0.286. The molecule has 1 heterocycles. The maximum absolute atomic E-state index is 14.2. The van der Waals surface area contributed by atoms with Crippen LogP contribution >= 0.6 is 22.9 Å². The molecule has 5 heteroatoms. The lowest BCUT2D eigenvalue weighted by atomic mass is 10.0. The lowest BCUT2D eigenvalue weighted by molar-refractivity contribution is 0.398. The molecule has 1 atom stereocenters. The zero-order chi connectivity index (χ0) is 13.8. The van der Waals surface area contributed by atoms with Crippen LogP contribution in [0.1, 0.15) is 23.4 Å². The molecule has 0 aliphatic rings. The standard InChI is InChI=1S/C14H15ClFNOS/c1-3-17-14(11-7-8-12(15)19-11)13-9(16)5-4-6-10(13)18-2/h4-8,14,17H,3H2,1-2H3. The Balaban J connectivity index is 2.50. The molecule has 0 saturated carbocycles. The molecular weight excluding hydrogens is 285 g/mol. The van der Waals surface area contributed by atoms with Gasteiger partial charge in [-0.1, -0.05) is 24.6 Å². The third-order valence-corrected chi connectivity index (χ3v) is 4.10. The lowest BCUT2D eigenvalue weighted by Crippen LogP contribution is -2.22. The molecule has 1 unspecified atom stereocenters. The van der Waals surface area contributed by atoms with E-state index < -0.39 is 0 Å². The summed E-state index contributed by atoms with van der Waals surface area (Å²) in [5, 5.41) is 3.28. The summed E-state index contributed by atoms with van der Waals surface area (Å²) >= 11 is 7.41. The average Bonchev–Trinajstić information content (AvgIpc) is 2.83. The Morgan fingerprint density at radius 3 is 2.74 bits per heavy atom. The largest absolute Gasteiger partial charge is 0.496 e. The summed E-state index contributed by atoms with van der Waals surface area (Å²) in [6, 6.07) is 8.32. The van der Waals surface area contributed by atoms with Gasteiger partial charge in [-0.25, -0.2) is 4.39 Å². The van der Waals surface area contributed by atoms with Crippen molar-refractivity contribution in [2.24, 2.45) is 0 Å². The van der Waals surface area contributed by atoms with E-state index in [9.17, 15) is 4.39 Å². The Labute approximate surface area is 121 Å². The molecule has 1 aromatic carbocycles. The number of nitrogens with one attached hydrogen (secondary N) is 1. The van der Waals surface area contributed by atoms with Crippen LogP contribution in [0.4, 0.5) is 4.39 Å². The van der Waals surface area contributed by atoms with E-state index >= 15 is 0 Å². The summed E-state index contributed by atoms with van der Waals surface area (Å²) in [6.45, 7) is 2.70. The van der Waals surface area contributed by atoms with Crippen LogP contribution in [0.5, 0.6) is 5.75 Å². The van der Waals surface area contributed by atoms with E-state index in [2.05, 4.69) is 5.32 Å². The zero-order valence-corrected chi connectivity index (χ0v) is 12.3. The first-order valence-electron chi connectivity index (χ1n) is 5.98. The van der Waals surface area contributed by atoms with Crippen molar-refractivity contribution < 1.29 is 9.13 Å². The van der Waals surface area contributed by atoms with Gasteiger partial charge in [-0.2, -0.15) is 0 Å². The van der Waals surface area contributed by atoms with Gasteiger partial charge in [0.15, 0.2) is 0 Å². The molecular formula is C14H15ClFNOS. The van der Waals surface area contributed by atoms with Crippen LogP contribution in [0.25, 0.3) is 0 Å². The summed E-state index contributed by atoms with van der Waals surface area (Å²) in [6.07, 6.45) is 0. The minimum Gasteiger partial charge on any atom is -0.496 e. The Hall–Kier alpha value is -1.10. The fourth-order valence-electron chi connectivity index (χ4n) is 2.01. The summed E-state index contributed by atoms with van der Waals surface area (Å²) < 4.78 is 20.1. The van der Waals surface area contributed by atoms with E-state index in [-0.39, 0.29) is 11.9 Å². The number of hydrogen-bond donors (Lipinski definition) is 1. The molecule has 1 aromatic heterocycles. The first kappa shape index (κ1) is 14.3. The minimum atomic E-state index is -0.283. The zero-order valence-electron chi connectivity index (χ0n) is 10.7. The molecule has 0 aliphatic heterocycles. The summed E-state index contributed by atoms with van der Waals surface area (Å²) in [5.74, 6) is 0.255. The van der Waals surface area contributed by atoms with Crippen molar-refractivity contribution in [1.82, 2.24) is 5.32 Å². The van der Waals surface area contributed by atoms with Gasteiger partial charge < -0.3 is 10.1 Å². The van der Waals surface area contributed by atoms with Crippen molar-refractivity contribution >= 4 is 22.9 Å². The second kappa shape index (κ2) is 6.37. The molecule has 2 aromatic rings. The van der Waals surface area contributed by atoms with Crippen LogP contribution < -0.4 is 10.1 Å². The Kier molecular flexibility index (Phi) is 4.80. The van der Waals surface area contributed by atoms with Crippen LogP contribution in [-0.4, -0.2) is 13.7 Å². The topological polar surface area (TPSA) is 21.3 Å². The number of ether oxygens (including phenoxy) is 1. The third-order valence-electron chi connectivity index (χ3n) is 2.81. The number of halogens is 2. The molecule has 0 saturated heterocycles. The number of thiophene rings is 1. The molecule has 0 amide bonds. The smallest absolute Gasteiger partial charge is 0.132 e. The van der Waals surface area contributed by atoms with Crippen molar-refractivity contribution in [2.45, 2.75) is 13.0 Å². The average molecular weight is 300 g/mol. The van der Waals surface area contributed by atoms with Crippen molar-refractivity contribution in [3.63, 3.8) is 0 Å². The molecule has 1 N–H and O–H groups in total. The minimum absolute atomic E-state index is 0.251. The van der Waals surface area contributed by atoms with Gasteiger partial charge in [0.05, 0.1) is 23.1 Å². The summed E-state index contributed by atoms with van der Waals surface area (Å²) in [7, 11) is 1.54. The predicted octanol–water partition coefficient (Wildman–Crippen LogP) is 4.25. The van der Waals surface area contributed by atoms with Gasteiger partial charge in [-0.15, -0.1) is 11.3 Å². The first-order chi connectivity index (χ1) is 9.17. The number of benzene rings is 1. The molecule has 19 heavy (non-hydrogen) atoms. The van der Waals surface area contributed by atoms with Gasteiger partial charge >= 0.3 is 0 Å². The van der Waals surface area contributed by atoms with E-state index in [4.69, 9.17) is 16.3 Å². The van der Waals surface area contributed by atoms with Crippen LogP contribution in [0.2, 0.25) is 4.34 Å². The Bertz CT molecular complexity index is 558. The van der Waals surface area contributed by atoms with Crippen molar-refractivity contribution in [2.75, 3.05) is 13.7 Å². The van der Waals surface area contributed by atoms with E-state index in [1.807, 2.05) is 19.1 Å². The maximum Gasteiger partial charge on any atom is 0.132 e. The highest BCUT2D eigenvalue weighted by molar-refractivity contribution is 7.16. The quantitative estimate of drug-likeness (QED) is 0.891. The summed E-state index contributed by atoms with van der Waals surface area (Å²) in [4.78, 5) is 0.968. The van der Waals surface area contributed by atoms with Gasteiger partial charge in [0.2, 0.25) is 0 Å². The molecule has 0 spiro atoms. The molecule has 0 radical (unpaired) electrons. The van der Waals surface area contributed by atoms with E-state index in [1.165, 1.54) is 17.4 Å². The van der Waals surface area contributed by atoms with Crippen molar-refractivity contribution in [3.8, 4) is 5.75 Å². The first-order valence-corrected chi connectivity index (χ1v) is 7.17. The number of rotatable bonds is 5. The maximum atomic E-state index is 14.2. The normalized spacial score (nSPS) is 12.4. The van der Waals surface area contributed by atoms with Gasteiger partial charge in [0, 0.05) is 4.88 Å². The highest BCUT2D eigenvalue weighted by Crippen LogP contribution is 2.36. The molecule has 102 valence electrons. The van der Waals surface area contributed by atoms with Crippen molar-refractivity contribution in [1.29, 1.82) is 0 Å². The van der Waals surface area contributed by atoms with E-state index in [0.29, 0.717) is 15.6 Å². The van der Waals surface area contributed by atoms with Crippen LogP contribution in [0.15, 0.2) is 30.3 Å². The van der Waals surface area contributed by atoms with Gasteiger partial charge in [0.25, 0.3) is 0 Å². The second-order valence-corrected chi connectivity index (χ2v) is 5.73. The van der Waals surface area contributed by atoms with Crippen molar-refractivity contribution in [3.05, 3.63) is 50.9 Å². The Morgan fingerprint density at radius 2 is 2.16 bits per heavy atom. The Morgan fingerprint density at radius 1 is 1.37 bits per heavy atom. The van der Waals surface area contributed by atoms with Crippen LogP contribution in [0, 0.1) is 5.82 Å². The van der Waals surface area contributed by atoms with Gasteiger partial charge in [-0.05, 0) is 30.8 Å². The number of hydrogen-bond acceptors (Lipinski definition) is 3. The lowest BCUT2D eigenvalue weighted by Gasteiger charge is -2.20. The van der Waals surface area contributed by atoms with Crippen LogP contribution in [-0.2, 0) is 0 Å². The summed E-state index contributed by atoms with van der Waals surface area (Å²) in [5.41, 5.74) is 0.519. The molecule has 0 fully saturated rings. The highest BCUT2D eigenvalue weighted by Gasteiger charge is 2.22. The fourth-order valence-corrected chi connectivity index (χ4v) is 3.15. The van der Waals surface area contributed by atoms with E-state index in [0.717, 1.165) is 11.4 Å². The van der Waals surface area contributed by atoms with Gasteiger partial charge in [-0.3, -0.25) is 0 Å². The molecule has 0 bridgehead atoms. The number of methoxy groups -OCH3 is 1. The molecule has 0 aliphatic carbocycles. The molecule has 2 nitrogen and oxygen atoms in total. The third kappa shape index (κ3) is 3.08. The SMILES string of the molecule is CCNC(c1ccc(Cl)s1)c1c(F)cccc1OC.